The highest BCUT2D eigenvalue weighted by Crippen LogP contribution is 2.63. The van der Waals surface area contributed by atoms with Crippen LogP contribution in [0.3, 0.4) is 0 Å². The molecule has 14 nitrogen and oxygen atoms in total. The second-order valence-electron chi connectivity index (χ2n) is 15.6. The number of nitrogens with one attached hydrogen (secondary N) is 2. The Balaban J connectivity index is 1.31. The number of benzene rings is 3. The van der Waals surface area contributed by atoms with E-state index in [-0.39, 0.29) is 54.8 Å². The van der Waals surface area contributed by atoms with E-state index in [4.69, 9.17) is 28.4 Å². The van der Waals surface area contributed by atoms with Gasteiger partial charge in [-0.15, -0.1) is 11.8 Å². The van der Waals surface area contributed by atoms with E-state index in [2.05, 4.69) is 21.6 Å². The largest absolute Gasteiger partial charge is 0.504 e. The predicted octanol–water partition coefficient (Wildman–Crippen LogP) is 4.82. The van der Waals surface area contributed by atoms with Gasteiger partial charge in [-0.05, 0) is 67.5 Å². The van der Waals surface area contributed by atoms with Crippen molar-refractivity contribution in [2.24, 2.45) is 0 Å². The van der Waals surface area contributed by atoms with Gasteiger partial charge in [0.25, 0.3) is 0 Å². The van der Waals surface area contributed by atoms with Gasteiger partial charge >= 0.3 is 11.9 Å². The zero-order valence-electron chi connectivity index (χ0n) is 32.5. The number of hydrogen-bond acceptors (Lipinski definition) is 15. The van der Waals surface area contributed by atoms with Crippen LogP contribution in [0.25, 0.3) is 0 Å². The van der Waals surface area contributed by atoms with Crippen LogP contribution in [0.5, 0.6) is 40.2 Å². The van der Waals surface area contributed by atoms with Crippen LogP contribution in [-0.2, 0) is 32.7 Å². The topological polar surface area (TPSA) is 181 Å². The minimum Gasteiger partial charge on any atom is -0.504 e. The van der Waals surface area contributed by atoms with Gasteiger partial charge in [0.1, 0.15) is 18.4 Å². The number of piperazine rings is 1. The molecule has 3 aromatic rings. The van der Waals surface area contributed by atoms with E-state index in [0.29, 0.717) is 76.6 Å². The monoisotopic (exact) mass is 798 g/mol. The van der Waals surface area contributed by atoms with E-state index in [1.807, 2.05) is 26.8 Å². The second kappa shape index (κ2) is 14.2. The molecule has 4 N–H and O–H groups in total. The molecule has 1 spiro atoms. The Morgan fingerprint density at radius 3 is 2.63 bits per heavy atom. The third-order valence-electron chi connectivity index (χ3n) is 12.6. The molecular formula is C42H46N4O10S. The van der Waals surface area contributed by atoms with Crippen LogP contribution in [0.15, 0.2) is 18.2 Å². The van der Waals surface area contributed by atoms with Crippen molar-refractivity contribution in [3.8, 4) is 46.3 Å². The first-order valence-corrected chi connectivity index (χ1v) is 20.5. The van der Waals surface area contributed by atoms with Crippen molar-refractivity contribution in [2.75, 3.05) is 39.9 Å². The lowest BCUT2D eigenvalue weighted by molar-refractivity contribution is -0.155. The summed E-state index contributed by atoms with van der Waals surface area (Å²) in [6.07, 6.45) is 2.71. The Labute approximate surface area is 334 Å². The fourth-order valence-electron chi connectivity index (χ4n) is 10.1. The van der Waals surface area contributed by atoms with E-state index in [1.54, 1.807) is 12.1 Å². The molecule has 10 rings (SSSR count). The van der Waals surface area contributed by atoms with Crippen molar-refractivity contribution < 1.29 is 48.2 Å². The summed E-state index contributed by atoms with van der Waals surface area (Å²) in [4.78, 5) is 30.6. The molecule has 0 radical (unpaired) electrons. The minimum atomic E-state index is -1.36. The Bertz CT molecular complexity index is 2240. The molecule has 300 valence electrons. The summed E-state index contributed by atoms with van der Waals surface area (Å²) in [6.45, 7) is 5.97. The molecule has 2 fully saturated rings. The fraction of sp³-hybridized carbons (Fsp3) is 0.500. The molecule has 0 amide bonds. The van der Waals surface area contributed by atoms with Crippen LogP contribution >= 0.6 is 11.8 Å². The van der Waals surface area contributed by atoms with Gasteiger partial charge in [-0.25, -0.2) is 4.79 Å². The summed E-state index contributed by atoms with van der Waals surface area (Å²) >= 11 is 1.48. The van der Waals surface area contributed by atoms with E-state index in [0.717, 1.165) is 23.1 Å². The molecular weight excluding hydrogens is 753 g/mol. The van der Waals surface area contributed by atoms with Crippen LogP contribution in [0.4, 0.5) is 0 Å². The number of phenolic OH excluding ortho intramolecular Hbond substituents is 2. The molecule has 3 aromatic carbocycles. The number of thioether (sulfide) groups is 1. The number of nitriles is 1. The lowest BCUT2D eigenvalue weighted by Gasteiger charge is -2.59. The summed E-state index contributed by atoms with van der Waals surface area (Å²) in [5.41, 5.74) is 4.41. The number of aromatic hydroxyl groups is 2. The van der Waals surface area contributed by atoms with Gasteiger partial charge < -0.3 is 44.0 Å². The molecule has 0 aliphatic carbocycles. The second-order valence-corrected chi connectivity index (χ2v) is 16.8. The molecule has 2 unspecified atom stereocenters. The first kappa shape index (κ1) is 37.7. The number of carbonyl (C=O) groups is 2. The molecule has 0 saturated carbocycles. The zero-order valence-corrected chi connectivity index (χ0v) is 33.3. The highest BCUT2D eigenvalue weighted by Gasteiger charge is 2.60. The highest BCUT2D eigenvalue weighted by molar-refractivity contribution is 7.99. The smallest absolute Gasteiger partial charge is 0.331 e. The number of ether oxygens (including phenoxy) is 6. The van der Waals surface area contributed by atoms with Crippen LogP contribution in [-0.4, -0.2) is 85.1 Å². The summed E-state index contributed by atoms with van der Waals surface area (Å²) < 4.78 is 36.5. The maximum atomic E-state index is 14.8. The first-order valence-electron chi connectivity index (χ1n) is 19.5. The van der Waals surface area contributed by atoms with Gasteiger partial charge in [-0.3, -0.25) is 15.0 Å². The normalized spacial score (nSPS) is 28.0. The van der Waals surface area contributed by atoms with Crippen molar-refractivity contribution in [1.82, 2.24) is 15.5 Å². The maximum Gasteiger partial charge on any atom is 0.331 e. The number of fused-ring (bicyclic) bond motifs is 9. The molecule has 7 aliphatic rings. The number of methoxy groups -OCH3 is 2. The third-order valence-corrected chi connectivity index (χ3v) is 14.1. The van der Waals surface area contributed by atoms with Crippen molar-refractivity contribution in [3.05, 3.63) is 62.7 Å². The van der Waals surface area contributed by atoms with Crippen LogP contribution in [0, 0.1) is 25.2 Å². The summed E-state index contributed by atoms with van der Waals surface area (Å²) in [5, 5.41) is 40.6. The standard InChI is InChI=1S/C42H46N4O10S/c1-6-7-8-29(48)56-37-20(3)38-39(55-18-54-38)31-26-16-53-41(50)42(23-14-28(51-4)27(47)13-21(23)9-10-44-42)17-57-40(32(31)37)34-33-30-22(11-19(2)36(52-5)35(30)49)12-24(45-33)25(15-43)46(26)34/h11,13-14,24-26,33-34,40,44-45,47,49H,6-10,12,16-18H2,1-5H3/t24?,25-,26-,33?,34+,40+,42+/m0/s1. The predicted molar refractivity (Wildman–Crippen MR) is 207 cm³/mol. The molecule has 2 saturated heterocycles. The summed E-state index contributed by atoms with van der Waals surface area (Å²) in [7, 11) is 3.00. The Morgan fingerprint density at radius 2 is 1.88 bits per heavy atom. The molecule has 7 heterocycles. The van der Waals surface area contributed by atoms with E-state index >= 15 is 0 Å². The SMILES string of the molecule is CCCCC(=O)Oc1c(C)c2c(c3c1[C@H]1SC[C@]4(NCCc5cc(O)c(OC)cc54)C(=O)OC[C@@H]3N3[C@@H]1C1NC(Cc4cc(C)c(OC)c(O)c41)[C@@H]3C#N)OCO2. The van der Waals surface area contributed by atoms with Gasteiger partial charge in [0.15, 0.2) is 40.0 Å². The zero-order chi connectivity index (χ0) is 39.9. The van der Waals surface area contributed by atoms with Gasteiger partial charge in [0.2, 0.25) is 6.79 Å². The third kappa shape index (κ3) is 5.55. The molecule has 0 aromatic heterocycles. The molecule has 7 atom stereocenters. The summed E-state index contributed by atoms with van der Waals surface area (Å²) in [5.74, 6) is 1.14. The average Bonchev–Trinajstić information content (AvgIpc) is 3.70. The minimum absolute atomic E-state index is 0.0225. The summed E-state index contributed by atoms with van der Waals surface area (Å²) in [6, 6.07) is 5.11. The number of rotatable bonds is 6. The molecule has 7 aliphatic heterocycles. The van der Waals surface area contributed by atoms with E-state index in [1.165, 1.54) is 26.0 Å². The first-order chi connectivity index (χ1) is 27.6. The molecule has 15 heteroatoms. The van der Waals surface area contributed by atoms with Crippen LogP contribution in [0.2, 0.25) is 0 Å². The van der Waals surface area contributed by atoms with Gasteiger partial charge in [0.05, 0.1) is 37.6 Å². The fourth-order valence-corrected chi connectivity index (χ4v) is 11.8. The van der Waals surface area contributed by atoms with Gasteiger partial charge in [0, 0.05) is 53.1 Å². The van der Waals surface area contributed by atoms with E-state index in [9.17, 15) is 25.1 Å². The van der Waals surface area contributed by atoms with Crippen LogP contribution in [0.1, 0.15) is 88.0 Å². The van der Waals surface area contributed by atoms with Gasteiger partial charge in [-0.2, -0.15) is 5.26 Å². The number of phenols is 2. The van der Waals surface area contributed by atoms with E-state index < -0.39 is 40.9 Å². The van der Waals surface area contributed by atoms with Crippen molar-refractivity contribution in [3.63, 3.8) is 0 Å². The van der Waals surface area contributed by atoms with Crippen LogP contribution < -0.4 is 34.3 Å². The Kier molecular flexibility index (Phi) is 9.38. The number of hydrogen-bond donors (Lipinski definition) is 4. The van der Waals surface area contributed by atoms with Crippen molar-refractivity contribution in [2.45, 2.75) is 93.9 Å². The Hall–Kier alpha value is -4.88. The number of nitrogens with zero attached hydrogens (tertiary/aromatic N) is 2. The van der Waals surface area contributed by atoms with Gasteiger partial charge in [-0.1, -0.05) is 19.4 Å². The lowest BCUT2D eigenvalue weighted by Crippen LogP contribution is -2.69. The maximum absolute atomic E-state index is 14.8. The molecule has 4 bridgehead atoms. The lowest BCUT2D eigenvalue weighted by atomic mass is 9.72. The number of unbranched alkanes of at least 4 members (excludes halogenated alkanes) is 1. The highest BCUT2D eigenvalue weighted by atomic mass is 32.2. The van der Waals surface area contributed by atoms with Crippen molar-refractivity contribution in [1.29, 1.82) is 5.26 Å². The Morgan fingerprint density at radius 1 is 1.07 bits per heavy atom. The number of esters is 2. The van der Waals surface area contributed by atoms with Crippen molar-refractivity contribution >= 4 is 23.7 Å². The average molecular weight is 799 g/mol. The number of carbonyl (C=O) groups excluding carboxylic acids is 2. The number of aryl methyl sites for hydroxylation is 1. The quantitative estimate of drug-likeness (QED) is 0.197. The molecule has 57 heavy (non-hydrogen) atoms.